The molecule has 0 atom stereocenters. The van der Waals surface area contributed by atoms with Crippen molar-refractivity contribution in [2.75, 3.05) is 0 Å². The Morgan fingerprint density at radius 2 is 1.72 bits per heavy atom. The summed E-state index contributed by atoms with van der Waals surface area (Å²) in [4.78, 5) is 17.7. The Morgan fingerprint density at radius 3 is 2.48 bits per heavy atom. The van der Waals surface area contributed by atoms with Gasteiger partial charge in [0, 0.05) is 18.8 Å². The molecule has 0 spiro atoms. The van der Waals surface area contributed by atoms with Crippen LogP contribution in [0.2, 0.25) is 0 Å². The van der Waals surface area contributed by atoms with Crippen molar-refractivity contribution in [3.8, 4) is 5.69 Å². The van der Waals surface area contributed by atoms with Gasteiger partial charge >= 0.3 is 0 Å². The van der Waals surface area contributed by atoms with E-state index in [1.165, 1.54) is 0 Å². The molecule has 0 radical (unpaired) electrons. The average molecular weight is 328 g/mol. The second-order valence-corrected chi connectivity index (χ2v) is 5.74. The van der Waals surface area contributed by atoms with Gasteiger partial charge in [0.2, 0.25) is 0 Å². The smallest absolute Gasteiger partial charge is 0.266 e. The van der Waals surface area contributed by atoms with E-state index in [0.717, 1.165) is 11.3 Å². The average Bonchev–Trinajstić information content (AvgIpc) is 3.06. The van der Waals surface area contributed by atoms with Crippen LogP contribution in [0.25, 0.3) is 28.7 Å². The van der Waals surface area contributed by atoms with Crippen molar-refractivity contribution in [3.63, 3.8) is 0 Å². The van der Waals surface area contributed by atoms with E-state index in [1.54, 1.807) is 21.5 Å². The molecule has 0 saturated carbocycles. The van der Waals surface area contributed by atoms with E-state index in [-0.39, 0.29) is 5.56 Å². The second-order valence-electron chi connectivity index (χ2n) is 5.74. The molecule has 0 fully saturated rings. The predicted octanol–water partition coefficient (Wildman–Crippen LogP) is 3.29. The normalized spacial score (nSPS) is 11.4. The van der Waals surface area contributed by atoms with Crippen LogP contribution in [0.4, 0.5) is 0 Å². The minimum Gasteiger partial charge on any atom is -0.275 e. The molecule has 0 aliphatic carbocycles. The Morgan fingerprint density at radius 1 is 0.960 bits per heavy atom. The van der Waals surface area contributed by atoms with Gasteiger partial charge in [-0.2, -0.15) is 5.10 Å². The molecule has 0 bridgehead atoms. The predicted molar refractivity (Wildman–Crippen MR) is 99.5 cm³/mol. The first-order valence-electron chi connectivity index (χ1n) is 7.96. The first kappa shape index (κ1) is 15.1. The third-order valence-electron chi connectivity index (χ3n) is 3.97. The van der Waals surface area contributed by atoms with Crippen molar-refractivity contribution >= 4 is 23.1 Å². The highest BCUT2D eigenvalue weighted by molar-refractivity contribution is 5.80. The summed E-state index contributed by atoms with van der Waals surface area (Å²) in [6.07, 6.45) is 7.42. The van der Waals surface area contributed by atoms with Gasteiger partial charge in [0.1, 0.15) is 5.82 Å². The lowest BCUT2D eigenvalue weighted by molar-refractivity contribution is 0.767. The summed E-state index contributed by atoms with van der Waals surface area (Å²) in [7, 11) is 1.87. The minimum atomic E-state index is -0.0809. The molecule has 0 aliphatic heterocycles. The van der Waals surface area contributed by atoms with Gasteiger partial charge < -0.3 is 0 Å². The lowest BCUT2D eigenvalue weighted by Gasteiger charge is -2.11. The Hall–Kier alpha value is -3.47. The van der Waals surface area contributed by atoms with Crippen LogP contribution in [0.5, 0.6) is 0 Å². The molecule has 0 amide bonds. The maximum Gasteiger partial charge on any atom is 0.266 e. The number of para-hydroxylation sites is 2. The number of aromatic nitrogens is 4. The van der Waals surface area contributed by atoms with Crippen LogP contribution in [0.1, 0.15) is 11.4 Å². The molecular weight excluding hydrogens is 312 g/mol. The maximum atomic E-state index is 13.0. The fourth-order valence-corrected chi connectivity index (χ4v) is 2.79. The van der Waals surface area contributed by atoms with Gasteiger partial charge in [-0.1, -0.05) is 30.3 Å². The van der Waals surface area contributed by atoms with Crippen LogP contribution in [0.15, 0.2) is 71.8 Å². The van der Waals surface area contributed by atoms with Crippen molar-refractivity contribution in [2.45, 2.75) is 0 Å². The van der Waals surface area contributed by atoms with E-state index in [4.69, 9.17) is 0 Å². The topological polar surface area (TPSA) is 52.7 Å². The lowest BCUT2D eigenvalue weighted by Crippen LogP contribution is -2.22. The monoisotopic (exact) mass is 328 g/mol. The number of benzene rings is 2. The van der Waals surface area contributed by atoms with Crippen LogP contribution in [-0.2, 0) is 7.05 Å². The molecule has 0 N–H and O–H groups in total. The summed E-state index contributed by atoms with van der Waals surface area (Å²) in [5.41, 5.74) is 2.34. The van der Waals surface area contributed by atoms with Gasteiger partial charge in [-0.05, 0) is 36.4 Å². The number of rotatable bonds is 3. The standard InChI is InChI=1S/C20H16N4O/c1-23-14-15(13-21-23)11-12-19-22-18-10-6-5-9-17(18)20(25)24(19)16-7-3-2-4-8-16/h2-14H,1H3/b12-11+. The number of hydrogen-bond acceptors (Lipinski definition) is 3. The highest BCUT2D eigenvalue weighted by Crippen LogP contribution is 2.15. The quantitative estimate of drug-likeness (QED) is 0.580. The van der Waals surface area contributed by atoms with Gasteiger partial charge in [-0.15, -0.1) is 0 Å². The van der Waals surface area contributed by atoms with Crippen molar-refractivity contribution in [1.82, 2.24) is 19.3 Å². The van der Waals surface area contributed by atoms with E-state index in [9.17, 15) is 4.79 Å². The molecule has 2 aromatic carbocycles. The fourth-order valence-electron chi connectivity index (χ4n) is 2.79. The van der Waals surface area contributed by atoms with E-state index >= 15 is 0 Å². The molecule has 4 aromatic rings. The zero-order valence-electron chi connectivity index (χ0n) is 13.7. The molecule has 2 aromatic heterocycles. The molecular formula is C20H16N4O. The summed E-state index contributed by atoms with van der Waals surface area (Å²) in [5.74, 6) is 0.582. The lowest BCUT2D eigenvalue weighted by atomic mass is 10.2. The maximum absolute atomic E-state index is 13.0. The summed E-state index contributed by atoms with van der Waals surface area (Å²) in [6, 6.07) is 16.9. The van der Waals surface area contributed by atoms with E-state index in [1.807, 2.05) is 73.9 Å². The van der Waals surface area contributed by atoms with Crippen molar-refractivity contribution < 1.29 is 0 Å². The largest absolute Gasteiger partial charge is 0.275 e. The molecule has 0 unspecified atom stereocenters. The molecule has 0 aliphatic rings. The molecule has 5 heteroatoms. The highest BCUT2D eigenvalue weighted by atomic mass is 16.1. The molecule has 122 valence electrons. The first-order valence-corrected chi connectivity index (χ1v) is 7.96. The number of fused-ring (bicyclic) bond motifs is 1. The Kier molecular flexibility index (Phi) is 3.74. The first-order chi connectivity index (χ1) is 12.2. The van der Waals surface area contributed by atoms with Gasteiger partial charge in [-0.3, -0.25) is 14.0 Å². The number of aryl methyl sites for hydroxylation is 1. The number of nitrogens with zero attached hydrogens (tertiary/aromatic N) is 4. The third kappa shape index (κ3) is 2.87. The van der Waals surface area contributed by atoms with Gasteiger partial charge in [0.25, 0.3) is 5.56 Å². The Bertz CT molecular complexity index is 1120. The number of hydrogen-bond donors (Lipinski definition) is 0. The Labute approximate surface area is 144 Å². The van der Waals surface area contributed by atoms with Crippen LogP contribution in [0, 0.1) is 0 Å². The minimum absolute atomic E-state index is 0.0809. The van der Waals surface area contributed by atoms with Crippen molar-refractivity contribution in [3.05, 3.63) is 88.7 Å². The summed E-state index contributed by atoms with van der Waals surface area (Å²) in [5, 5.41) is 4.76. The van der Waals surface area contributed by atoms with Gasteiger partial charge in [0.05, 0.1) is 22.8 Å². The van der Waals surface area contributed by atoms with Crippen LogP contribution in [0.3, 0.4) is 0 Å². The second kappa shape index (κ2) is 6.20. The Balaban J connectivity index is 1.95. The SMILES string of the molecule is Cn1cc(/C=C/c2nc3ccccc3c(=O)n2-c2ccccc2)cn1. The zero-order chi connectivity index (χ0) is 17.2. The van der Waals surface area contributed by atoms with E-state index < -0.39 is 0 Å². The van der Waals surface area contributed by atoms with Crippen molar-refractivity contribution in [1.29, 1.82) is 0 Å². The third-order valence-corrected chi connectivity index (χ3v) is 3.97. The van der Waals surface area contributed by atoms with E-state index in [0.29, 0.717) is 16.7 Å². The van der Waals surface area contributed by atoms with Crippen LogP contribution < -0.4 is 5.56 Å². The highest BCUT2D eigenvalue weighted by Gasteiger charge is 2.10. The van der Waals surface area contributed by atoms with Crippen molar-refractivity contribution in [2.24, 2.45) is 7.05 Å². The van der Waals surface area contributed by atoms with Crippen LogP contribution >= 0.6 is 0 Å². The molecule has 0 saturated heterocycles. The van der Waals surface area contributed by atoms with Gasteiger partial charge in [-0.25, -0.2) is 4.98 Å². The summed E-state index contributed by atoms with van der Waals surface area (Å²) < 4.78 is 3.37. The van der Waals surface area contributed by atoms with Crippen LogP contribution in [-0.4, -0.2) is 19.3 Å². The zero-order valence-corrected chi connectivity index (χ0v) is 13.7. The van der Waals surface area contributed by atoms with E-state index in [2.05, 4.69) is 10.1 Å². The van der Waals surface area contributed by atoms with Gasteiger partial charge in [0.15, 0.2) is 0 Å². The molecule has 4 rings (SSSR count). The summed E-state index contributed by atoms with van der Waals surface area (Å²) >= 11 is 0. The molecule has 2 heterocycles. The fraction of sp³-hybridized carbons (Fsp3) is 0.0500. The summed E-state index contributed by atoms with van der Waals surface area (Å²) in [6.45, 7) is 0. The molecule has 5 nitrogen and oxygen atoms in total. The molecule has 25 heavy (non-hydrogen) atoms.